The Morgan fingerprint density at radius 3 is 2.39 bits per heavy atom. The quantitative estimate of drug-likeness (QED) is 0.832. The van der Waals surface area contributed by atoms with Crippen molar-refractivity contribution >= 4 is 23.5 Å². The van der Waals surface area contributed by atoms with Gasteiger partial charge in [0.2, 0.25) is 5.91 Å². The number of methoxy groups -OCH3 is 1. The first-order valence-electron chi connectivity index (χ1n) is 9.37. The first-order chi connectivity index (χ1) is 13.5. The second kappa shape index (κ2) is 7.13. The zero-order valence-electron chi connectivity index (χ0n) is 15.6. The molecule has 6 heteroatoms. The molecule has 2 atom stereocenters. The molecule has 1 aliphatic carbocycles. The molecule has 2 aromatic rings. The van der Waals surface area contributed by atoms with Crippen LogP contribution in [0.15, 0.2) is 48.5 Å². The second-order valence-electron chi connectivity index (χ2n) is 7.60. The molecule has 4 rings (SSSR count). The van der Waals surface area contributed by atoms with Crippen molar-refractivity contribution in [1.29, 1.82) is 0 Å². The number of nitrogens with zero attached hydrogens (tertiary/aromatic N) is 1. The summed E-state index contributed by atoms with van der Waals surface area (Å²) < 4.78 is 5.47. The number of ether oxygens (including phenoxy) is 1. The van der Waals surface area contributed by atoms with Crippen molar-refractivity contribution in [3.8, 4) is 5.75 Å². The Morgan fingerprint density at radius 1 is 1.11 bits per heavy atom. The number of para-hydroxylation sites is 1. The van der Waals surface area contributed by atoms with Crippen LogP contribution in [-0.4, -0.2) is 42.1 Å². The number of amides is 1. The highest BCUT2D eigenvalue weighted by molar-refractivity contribution is 6.30. The van der Waals surface area contributed by atoms with E-state index in [0.717, 1.165) is 24.0 Å². The van der Waals surface area contributed by atoms with Crippen LogP contribution < -0.4 is 4.74 Å². The molecule has 1 N–H and O–H groups in total. The van der Waals surface area contributed by atoms with Crippen molar-refractivity contribution in [2.75, 3.05) is 20.2 Å². The smallest absolute Gasteiger partial charge is 0.308 e. The fourth-order valence-electron chi connectivity index (χ4n) is 4.33. The van der Waals surface area contributed by atoms with Gasteiger partial charge in [0.1, 0.15) is 5.75 Å². The molecule has 1 heterocycles. The highest BCUT2D eigenvalue weighted by Crippen LogP contribution is 2.53. The first kappa shape index (κ1) is 18.8. The molecule has 0 radical (unpaired) electrons. The third-order valence-electron chi connectivity index (χ3n) is 6.00. The Morgan fingerprint density at radius 2 is 1.79 bits per heavy atom. The Bertz CT molecular complexity index is 907. The van der Waals surface area contributed by atoms with Crippen LogP contribution in [0.2, 0.25) is 5.02 Å². The molecule has 1 aliphatic heterocycles. The van der Waals surface area contributed by atoms with Crippen molar-refractivity contribution in [3.05, 3.63) is 64.7 Å². The second-order valence-corrected chi connectivity index (χ2v) is 8.03. The van der Waals surface area contributed by atoms with Crippen LogP contribution >= 0.6 is 11.6 Å². The maximum atomic E-state index is 13.5. The van der Waals surface area contributed by atoms with Crippen molar-refractivity contribution in [3.63, 3.8) is 0 Å². The number of benzene rings is 2. The van der Waals surface area contributed by atoms with Crippen molar-refractivity contribution < 1.29 is 19.4 Å². The van der Waals surface area contributed by atoms with E-state index >= 15 is 0 Å². The van der Waals surface area contributed by atoms with E-state index in [4.69, 9.17) is 16.3 Å². The Labute approximate surface area is 168 Å². The van der Waals surface area contributed by atoms with Crippen LogP contribution in [-0.2, 0) is 15.0 Å². The number of carboxylic acids is 1. The van der Waals surface area contributed by atoms with Gasteiger partial charge in [0.05, 0.1) is 18.4 Å². The van der Waals surface area contributed by atoms with Crippen molar-refractivity contribution in [2.24, 2.45) is 5.92 Å². The summed E-state index contributed by atoms with van der Waals surface area (Å²) in [4.78, 5) is 27.0. The van der Waals surface area contributed by atoms with Crippen LogP contribution in [0.1, 0.15) is 29.9 Å². The monoisotopic (exact) mass is 399 g/mol. The maximum absolute atomic E-state index is 13.5. The van der Waals surface area contributed by atoms with Crippen LogP contribution in [0.4, 0.5) is 0 Å². The van der Waals surface area contributed by atoms with E-state index < -0.39 is 17.3 Å². The molecule has 0 unspecified atom stereocenters. The topological polar surface area (TPSA) is 66.8 Å². The molecule has 1 amide bonds. The molecule has 1 saturated heterocycles. The van der Waals surface area contributed by atoms with E-state index in [9.17, 15) is 14.7 Å². The van der Waals surface area contributed by atoms with E-state index in [1.807, 2.05) is 36.4 Å². The zero-order valence-corrected chi connectivity index (χ0v) is 16.4. The van der Waals surface area contributed by atoms with E-state index in [1.54, 1.807) is 24.1 Å². The lowest BCUT2D eigenvalue weighted by molar-refractivity contribution is -0.142. The minimum Gasteiger partial charge on any atom is -0.496 e. The van der Waals surface area contributed by atoms with E-state index in [2.05, 4.69) is 0 Å². The fraction of sp³-hybridized carbons (Fsp3) is 0.364. The summed E-state index contributed by atoms with van der Waals surface area (Å²) in [7, 11) is 1.60. The van der Waals surface area contributed by atoms with Gasteiger partial charge >= 0.3 is 5.97 Å². The number of likely N-dealkylation sites (tertiary alicyclic amines) is 1. The molecule has 0 bridgehead atoms. The van der Waals surface area contributed by atoms with Gasteiger partial charge in [-0.25, -0.2) is 0 Å². The minimum absolute atomic E-state index is 0.000265. The number of carbonyl (C=O) groups is 2. The molecular formula is C22H22ClNO4. The molecular weight excluding hydrogens is 378 g/mol. The fourth-order valence-corrected chi connectivity index (χ4v) is 4.46. The summed E-state index contributed by atoms with van der Waals surface area (Å²) in [5.74, 6) is -1.04. The summed E-state index contributed by atoms with van der Waals surface area (Å²) in [6.07, 6.45) is 1.51. The number of carboxylic acid groups (broad SMARTS) is 1. The van der Waals surface area contributed by atoms with Gasteiger partial charge in [0.15, 0.2) is 0 Å². The van der Waals surface area contributed by atoms with Gasteiger partial charge < -0.3 is 14.7 Å². The Balaban J connectivity index is 1.62. The lowest BCUT2D eigenvalue weighted by atomic mass is 9.89. The normalized spacial score (nSPS) is 22.7. The molecule has 0 spiro atoms. The van der Waals surface area contributed by atoms with E-state index in [0.29, 0.717) is 17.3 Å². The summed E-state index contributed by atoms with van der Waals surface area (Å²) >= 11 is 5.97. The first-order valence-corrected chi connectivity index (χ1v) is 9.75. The molecule has 2 fully saturated rings. The third-order valence-corrected chi connectivity index (χ3v) is 6.26. The SMILES string of the molecule is COc1ccccc1C1(C(=O)N2C[C@@H](C(=O)O)[C@H](c3ccc(Cl)cc3)C2)CC1. The third kappa shape index (κ3) is 3.14. The summed E-state index contributed by atoms with van der Waals surface area (Å²) in [6.45, 7) is 0.618. The van der Waals surface area contributed by atoms with Gasteiger partial charge in [0, 0.05) is 29.6 Å². The lowest BCUT2D eigenvalue weighted by Gasteiger charge is -2.25. The predicted octanol–water partition coefficient (Wildman–Crippen LogP) is 3.71. The number of hydrogen-bond acceptors (Lipinski definition) is 3. The predicted molar refractivity (Wildman–Crippen MR) is 106 cm³/mol. The minimum atomic E-state index is -0.877. The Hall–Kier alpha value is -2.53. The van der Waals surface area contributed by atoms with Crippen LogP contribution in [0, 0.1) is 5.92 Å². The van der Waals surface area contributed by atoms with E-state index in [-0.39, 0.29) is 18.4 Å². The number of hydrogen-bond donors (Lipinski definition) is 1. The Kier molecular flexibility index (Phi) is 4.79. The summed E-state index contributed by atoms with van der Waals surface area (Å²) in [6, 6.07) is 14.8. The van der Waals surface area contributed by atoms with Gasteiger partial charge in [-0.05, 0) is 36.6 Å². The van der Waals surface area contributed by atoms with Gasteiger partial charge in [-0.1, -0.05) is 41.9 Å². The lowest BCUT2D eigenvalue weighted by Crippen LogP contribution is -2.38. The number of carbonyl (C=O) groups excluding carboxylic acids is 1. The number of rotatable bonds is 5. The number of aliphatic carboxylic acids is 1. The van der Waals surface area contributed by atoms with Crippen molar-refractivity contribution in [1.82, 2.24) is 4.90 Å². The molecule has 28 heavy (non-hydrogen) atoms. The van der Waals surface area contributed by atoms with Crippen LogP contribution in [0.5, 0.6) is 5.75 Å². The van der Waals surface area contributed by atoms with E-state index in [1.165, 1.54) is 0 Å². The van der Waals surface area contributed by atoms with Gasteiger partial charge in [-0.3, -0.25) is 9.59 Å². The number of halogens is 1. The molecule has 0 aromatic heterocycles. The average molecular weight is 400 g/mol. The van der Waals surface area contributed by atoms with Gasteiger partial charge in [-0.15, -0.1) is 0 Å². The van der Waals surface area contributed by atoms with Crippen LogP contribution in [0.25, 0.3) is 0 Å². The summed E-state index contributed by atoms with van der Waals surface area (Å²) in [5.41, 5.74) is 1.20. The highest BCUT2D eigenvalue weighted by atomic mass is 35.5. The van der Waals surface area contributed by atoms with Gasteiger partial charge in [0.25, 0.3) is 0 Å². The molecule has 1 saturated carbocycles. The largest absolute Gasteiger partial charge is 0.496 e. The maximum Gasteiger partial charge on any atom is 0.308 e. The molecule has 2 aromatic carbocycles. The van der Waals surface area contributed by atoms with Gasteiger partial charge in [-0.2, -0.15) is 0 Å². The van der Waals surface area contributed by atoms with Crippen LogP contribution in [0.3, 0.4) is 0 Å². The van der Waals surface area contributed by atoms with Crippen molar-refractivity contribution in [2.45, 2.75) is 24.2 Å². The zero-order chi connectivity index (χ0) is 19.9. The standard InChI is InChI=1S/C22H22ClNO4/c1-28-19-5-3-2-4-18(19)22(10-11-22)21(27)24-12-16(17(13-24)20(25)26)14-6-8-15(23)9-7-14/h2-9,16-17H,10-13H2,1H3,(H,25,26)/t16-,17+/m0/s1. The molecule has 5 nitrogen and oxygen atoms in total. The highest BCUT2D eigenvalue weighted by Gasteiger charge is 2.56. The summed E-state index contributed by atoms with van der Waals surface area (Å²) in [5, 5.41) is 10.3. The molecule has 2 aliphatic rings. The average Bonchev–Trinajstić information content (AvgIpc) is 3.39. The molecule has 146 valence electrons.